The Morgan fingerprint density at radius 2 is 2.15 bits per heavy atom. The van der Waals surface area contributed by atoms with Crippen LogP contribution in [-0.4, -0.2) is 41.4 Å². The Morgan fingerprint density at radius 3 is 2.80 bits per heavy atom. The molecule has 0 aliphatic carbocycles. The quantitative estimate of drug-likeness (QED) is 0.889. The number of rotatable bonds is 4. The molecular formula is C15H23N3OS. The summed E-state index contributed by atoms with van der Waals surface area (Å²) in [5.41, 5.74) is 8.89. The molecule has 1 aromatic rings. The van der Waals surface area contributed by atoms with E-state index in [1.807, 2.05) is 23.9 Å². The Labute approximate surface area is 125 Å². The number of hydrogen-bond acceptors (Lipinski definition) is 4. The van der Waals surface area contributed by atoms with E-state index in [2.05, 4.69) is 23.2 Å². The Hall–Kier alpha value is -1.04. The lowest BCUT2D eigenvalue weighted by molar-refractivity contribution is -0.117. The molecule has 1 aromatic carbocycles. The molecule has 5 heteroatoms. The van der Waals surface area contributed by atoms with Crippen molar-refractivity contribution in [3.63, 3.8) is 0 Å². The Bertz CT molecular complexity index is 470. The molecule has 1 heterocycles. The summed E-state index contributed by atoms with van der Waals surface area (Å²) < 4.78 is 0. The number of benzene rings is 1. The number of nitrogens with one attached hydrogen (secondary N) is 1. The highest BCUT2D eigenvalue weighted by Gasteiger charge is 2.14. The van der Waals surface area contributed by atoms with Gasteiger partial charge in [0.25, 0.3) is 0 Å². The van der Waals surface area contributed by atoms with E-state index in [9.17, 15) is 4.79 Å². The van der Waals surface area contributed by atoms with E-state index in [1.54, 1.807) is 6.92 Å². The molecule has 1 saturated heterocycles. The van der Waals surface area contributed by atoms with E-state index in [1.165, 1.54) is 17.1 Å². The molecule has 3 N–H and O–H groups in total. The summed E-state index contributed by atoms with van der Waals surface area (Å²) >= 11 is 2.02. The highest BCUT2D eigenvalue weighted by atomic mass is 32.2. The predicted molar refractivity (Wildman–Crippen MR) is 86.1 cm³/mol. The van der Waals surface area contributed by atoms with E-state index in [0.717, 1.165) is 30.9 Å². The largest absolute Gasteiger partial charge is 0.324 e. The van der Waals surface area contributed by atoms with Gasteiger partial charge >= 0.3 is 0 Å². The van der Waals surface area contributed by atoms with Crippen LogP contribution in [0.3, 0.4) is 0 Å². The third-order valence-electron chi connectivity index (χ3n) is 3.62. The van der Waals surface area contributed by atoms with Crippen molar-refractivity contribution in [1.82, 2.24) is 4.90 Å². The zero-order chi connectivity index (χ0) is 14.5. The summed E-state index contributed by atoms with van der Waals surface area (Å²) in [5.74, 6) is 2.28. The van der Waals surface area contributed by atoms with Crippen LogP contribution in [0.1, 0.15) is 18.1 Å². The Balaban J connectivity index is 2.08. The van der Waals surface area contributed by atoms with Crippen molar-refractivity contribution in [2.24, 2.45) is 5.73 Å². The van der Waals surface area contributed by atoms with Crippen LogP contribution in [0.2, 0.25) is 0 Å². The minimum Gasteiger partial charge on any atom is -0.324 e. The topological polar surface area (TPSA) is 58.4 Å². The monoisotopic (exact) mass is 293 g/mol. The molecule has 2 rings (SSSR count). The van der Waals surface area contributed by atoms with Crippen molar-refractivity contribution >= 4 is 23.4 Å². The molecule has 0 spiro atoms. The average molecular weight is 293 g/mol. The van der Waals surface area contributed by atoms with Crippen molar-refractivity contribution in [2.45, 2.75) is 26.4 Å². The molecule has 4 nitrogen and oxygen atoms in total. The number of carbonyl (C=O) groups excluding carboxylic acids is 1. The third kappa shape index (κ3) is 3.98. The molecule has 1 amide bonds. The zero-order valence-electron chi connectivity index (χ0n) is 12.2. The molecule has 1 unspecified atom stereocenters. The van der Waals surface area contributed by atoms with Crippen LogP contribution in [0.25, 0.3) is 0 Å². The highest BCUT2D eigenvalue weighted by Crippen LogP contribution is 2.21. The van der Waals surface area contributed by atoms with Gasteiger partial charge in [0, 0.05) is 36.8 Å². The lowest BCUT2D eigenvalue weighted by atomic mass is 10.1. The summed E-state index contributed by atoms with van der Waals surface area (Å²) in [4.78, 5) is 14.2. The van der Waals surface area contributed by atoms with Gasteiger partial charge in [0.05, 0.1) is 6.04 Å². The van der Waals surface area contributed by atoms with Crippen LogP contribution in [0, 0.1) is 6.92 Å². The fraction of sp³-hybridized carbons (Fsp3) is 0.533. The van der Waals surface area contributed by atoms with Gasteiger partial charge in [0.15, 0.2) is 0 Å². The summed E-state index contributed by atoms with van der Waals surface area (Å²) in [5, 5.41) is 2.90. The average Bonchev–Trinajstić information content (AvgIpc) is 2.44. The fourth-order valence-electron chi connectivity index (χ4n) is 2.24. The number of nitrogens with zero attached hydrogens (tertiary/aromatic N) is 1. The first-order valence-electron chi connectivity index (χ1n) is 7.03. The molecule has 0 radical (unpaired) electrons. The minimum atomic E-state index is -0.489. The van der Waals surface area contributed by atoms with E-state index in [4.69, 9.17) is 5.73 Å². The van der Waals surface area contributed by atoms with Crippen LogP contribution >= 0.6 is 11.8 Å². The second kappa shape index (κ2) is 7.11. The molecule has 20 heavy (non-hydrogen) atoms. The van der Waals surface area contributed by atoms with Crippen LogP contribution in [0.4, 0.5) is 5.69 Å². The first kappa shape index (κ1) is 15.4. The Kier molecular flexibility index (Phi) is 5.46. The fourth-order valence-corrected chi connectivity index (χ4v) is 3.22. The SMILES string of the molecule is Cc1c(CN2CCSCC2)cccc1NC(=O)C(C)N. The van der Waals surface area contributed by atoms with E-state index in [0.29, 0.717) is 0 Å². The minimum absolute atomic E-state index is 0.139. The first-order chi connectivity index (χ1) is 9.58. The molecule has 1 atom stereocenters. The van der Waals surface area contributed by atoms with Crippen LogP contribution in [-0.2, 0) is 11.3 Å². The molecule has 110 valence electrons. The molecule has 1 aliphatic heterocycles. The molecule has 0 aromatic heterocycles. The van der Waals surface area contributed by atoms with Gasteiger partial charge < -0.3 is 11.1 Å². The van der Waals surface area contributed by atoms with Crippen molar-refractivity contribution in [3.05, 3.63) is 29.3 Å². The lowest BCUT2D eigenvalue weighted by Crippen LogP contribution is -2.33. The zero-order valence-corrected chi connectivity index (χ0v) is 13.0. The van der Waals surface area contributed by atoms with Crippen molar-refractivity contribution in [3.8, 4) is 0 Å². The summed E-state index contributed by atoms with van der Waals surface area (Å²) in [6, 6.07) is 5.58. The molecule has 1 aliphatic rings. The van der Waals surface area contributed by atoms with Gasteiger partial charge in [0.1, 0.15) is 0 Å². The van der Waals surface area contributed by atoms with Crippen molar-refractivity contribution < 1.29 is 4.79 Å². The van der Waals surface area contributed by atoms with Crippen LogP contribution < -0.4 is 11.1 Å². The maximum Gasteiger partial charge on any atom is 0.241 e. The number of carbonyl (C=O) groups is 1. The van der Waals surface area contributed by atoms with Gasteiger partial charge in [-0.1, -0.05) is 12.1 Å². The Morgan fingerprint density at radius 1 is 1.45 bits per heavy atom. The second-order valence-corrected chi connectivity index (χ2v) is 6.48. The van der Waals surface area contributed by atoms with Crippen LogP contribution in [0.15, 0.2) is 18.2 Å². The molecule has 0 saturated carbocycles. The molecule has 0 bridgehead atoms. The number of nitrogens with two attached hydrogens (primary N) is 1. The standard InChI is InChI=1S/C15H23N3OS/c1-11-13(10-18-6-8-20-9-7-18)4-3-5-14(11)17-15(19)12(2)16/h3-5,12H,6-10,16H2,1-2H3,(H,17,19). The normalized spacial score (nSPS) is 17.8. The maximum absolute atomic E-state index is 11.7. The summed E-state index contributed by atoms with van der Waals surface area (Å²) in [6.45, 7) is 6.99. The van der Waals surface area contributed by atoms with Gasteiger partial charge in [-0.3, -0.25) is 9.69 Å². The van der Waals surface area contributed by atoms with E-state index in [-0.39, 0.29) is 5.91 Å². The third-order valence-corrected chi connectivity index (χ3v) is 4.56. The van der Waals surface area contributed by atoms with Gasteiger partial charge in [0.2, 0.25) is 5.91 Å². The maximum atomic E-state index is 11.7. The van der Waals surface area contributed by atoms with Gasteiger partial charge in [-0.25, -0.2) is 0 Å². The van der Waals surface area contributed by atoms with Crippen molar-refractivity contribution in [2.75, 3.05) is 29.9 Å². The van der Waals surface area contributed by atoms with E-state index >= 15 is 0 Å². The second-order valence-electron chi connectivity index (χ2n) is 5.26. The first-order valence-corrected chi connectivity index (χ1v) is 8.18. The smallest absolute Gasteiger partial charge is 0.241 e. The number of hydrogen-bond donors (Lipinski definition) is 2. The number of amides is 1. The van der Waals surface area contributed by atoms with Gasteiger partial charge in [-0.15, -0.1) is 0 Å². The summed E-state index contributed by atoms with van der Waals surface area (Å²) in [6.07, 6.45) is 0. The molecule has 1 fully saturated rings. The number of thioether (sulfide) groups is 1. The number of anilines is 1. The molecular weight excluding hydrogens is 270 g/mol. The van der Waals surface area contributed by atoms with Crippen molar-refractivity contribution in [1.29, 1.82) is 0 Å². The highest BCUT2D eigenvalue weighted by molar-refractivity contribution is 7.99. The van der Waals surface area contributed by atoms with E-state index < -0.39 is 6.04 Å². The van der Waals surface area contributed by atoms with Gasteiger partial charge in [-0.2, -0.15) is 11.8 Å². The lowest BCUT2D eigenvalue weighted by Gasteiger charge is -2.27. The summed E-state index contributed by atoms with van der Waals surface area (Å²) in [7, 11) is 0. The van der Waals surface area contributed by atoms with Crippen LogP contribution in [0.5, 0.6) is 0 Å². The van der Waals surface area contributed by atoms with Gasteiger partial charge in [-0.05, 0) is 31.0 Å². The predicted octanol–water partition coefficient (Wildman–Crippen LogP) is 1.83.